The van der Waals surface area contributed by atoms with E-state index in [4.69, 9.17) is 0 Å². The SMILES string of the molecule is O=C(NC1CCCC[C@@H]1O)c1cc(Cc2ccc(-c3cncnc3)nc2)c2ccccc2n1. The van der Waals surface area contributed by atoms with Gasteiger partial charge in [-0.3, -0.25) is 9.78 Å². The zero-order valence-corrected chi connectivity index (χ0v) is 18.2. The number of nitrogens with zero attached hydrogens (tertiary/aromatic N) is 4. The van der Waals surface area contributed by atoms with Crippen LogP contribution in [-0.4, -0.2) is 43.1 Å². The van der Waals surface area contributed by atoms with Crippen molar-refractivity contribution in [2.45, 2.75) is 44.2 Å². The number of nitrogens with one attached hydrogen (secondary N) is 1. The summed E-state index contributed by atoms with van der Waals surface area (Å²) in [5.74, 6) is -0.245. The number of aliphatic hydroxyl groups is 1. The molecule has 0 radical (unpaired) electrons. The number of pyridine rings is 2. The van der Waals surface area contributed by atoms with Crippen molar-refractivity contribution in [1.82, 2.24) is 25.3 Å². The lowest BCUT2D eigenvalue weighted by molar-refractivity contribution is 0.0714. The van der Waals surface area contributed by atoms with Gasteiger partial charge in [-0.2, -0.15) is 0 Å². The van der Waals surface area contributed by atoms with E-state index in [1.807, 2.05) is 48.7 Å². The van der Waals surface area contributed by atoms with Gasteiger partial charge in [0.2, 0.25) is 0 Å². The third kappa shape index (κ3) is 4.73. The molecule has 1 aliphatic rings. The first-order valence-electron chi connectivity index (χ1n) is 11.3. The van der Waals surface area contributed by atoms with E-state index >= 15 is 0 Å². The number of rotatable bonds is 5. The quantitative estimate of drug-likeness (QED) is 0.492. The minimum Gasteiger partial charge on any atom is -0.391 e. The second-order valence-electron chi connectivity index (χ2n) is 8.47. The van der Waals surface area contributed by atoms with Gasteiger partial charge in [-0.25, -0.2) is 15.0 Å². The lowest BCUT2D eigenvalue weighted by Gasteiger charge is -2.28. The lowest BCUT2D eigenvalue weighted by Crippen LogP contribution is -2.45. The maximum Gasteiger partial charge on any atom is 0.270 e. The summed E-state index contributed by atoms with van der Waals surface area (Å²) in [4.78, 5) is 30.3. The van der Waals surface area contributed by atoms with Crippen LogP contribution in [0.15, 0.2) is 67.4 Å². The molecule has 3 heterocycles. The molecule has 3 aromatic heterocycles. The molecule has 1 aromatic carbocycles. The minimum absolute atomic E-state index is 0.221. The first-order valence-corrected chi connectivity index (χ1v) is 11.3. The molecule has 1 saturated carbocycles. The van der Waals surface area contributed by atoms with Gasteiger partial charge in [0.1, 0.15) is 12.0 Å². The number of fused-ring (bicyclic) bond motifs is 1. The van der Waals surface area contributed by atoms with Crippen LogP contribution in [0.2, 0.25) is 0 Å². The summed E-state index contributed by atoms with van der Waals surface area (Å²) in [5, 5.41) is 14.2. The second kappa shape index (κ2) is 9.42. The summed E-state index contributed by atoms with van der Waals surface area (Å²) < 4.78 is 0. The first-order chi connectivity index (χ1) is 16.2. The molecule has 2 atom stereocenters. The Morgan fingerprint density at radius 3 is 2.64 bits per heavy atom. The molecule has 0 spiro atoms. The molecule has 7 nitrogen and oxygen atoms in total. The first kappa shape index (κ1) is 21.2. The van der Waals surface area contributed by atoms with Gasteiger partial charge in [-0.1, -0.05) is 37.1 Å². The largest absolute Gasteiger partial charge is 0.391 e. The molecule has 2 N–H and O–H groups in total. The van der Waals surface area contributed by atoms with Gasteiger partial charge < -0.3 is 10.4 Å². The standard InChI is InChI=1S/C26H25N5O2/c32-25-8-4-3-7-23(25)31-26(33)24-12-18(20-5-1-2-6-22(20)30-24)11-17-9-10-21(29-13-17)19-14-27-16-28-15-19/h1-2,5-6,9-10,12-16,23,25,32H,3-4,7-8,11H2,(H,31,33)/t23?,25-/m0/s1. The van der Waals surface area contributed by atoms with Gasteiger partial charge >= 0.3 is 0 Å². The van der Waals surface area contributed by atoms with Gasteiger partial charge in [0.25, 0.3) is 5.91 Å². The molecule has 0 aliphatic heterocycles. The van der Waals surface area contributed by atoms with Crippen LogP contribution in [0.1, 0.15) is 47.3 Å². The smallest absolute Gasteiger partial charge is 0.270 e. The second-order valence-corrected chi connectivity index (χ2v) is 8.47. The summed E-state index contributed by atoms with van der Waals surface area (Å²) in [7, 11) is 0. The van der Waals surface area contributed by atoms with Crippen molar-refractivity contribution in [3.05, 3.63) is 84.2 Å². The van der Waals surface area contributed by atoms with E-state index in [1.54, 1.807) is 12.4 Å². The summed E-state index contributed by atoms with van der Waals surface area (Å²) >= 11 is 0. The average molecular weight is 440 g/mol. The third-order valence-corrected chi connectivity index (χ3v) is 6.16. The van der Waals surface area contributed by atoms with Crippen molar-refractivity contribution in [3.63, 3.8) is 0 Å². The summed E-state index contributed by atoms with van der Waals surface area (Å²) in [6.45, 7) is 0. The Kier molecular flexibility index (Phi) is 6.04. The van der Waals surface area contributed by atoms with Gasteiger partial charge in [0.05, 0.1) is 23.4 Å². The Morgan fingerprint density at radius 2 is 1.85 bits per heavy atom. The van der Waals surface area contributed by atoms with Crippen LogP contribution in [0.25, 0.3) is 22.2 Å². The number of carbonyl (C=O) groups is 1. The van der Waals surface area contributed by atoms with Crippen LogP contribution in [0.4, 0.5) is 0 Å². The van der Waals surface area contributed by atoms with Crippen molar-refractivity contribution in [2.75, 3.05) is 0 Å². The number of carbonyl (C=O) groups excluding carboxylic acids is 1. The number of benzene rings is 1. The molecule has 7 heteroatoms. The molecule has 5 rings (SSSR count). The lowest BCUT2D eigenvalue weighted by atomic mass is 9.92. The normalized spacial score (nSPS) is 18.2. The number of hydrogen-bond acceptors (Lipinski definition) is 6. The fourth-order valence-corrected chi connectivity index (χ4v) is 4.38. The van der Waals surface area contributed by atoms with E-state index < -0.39 is 6.10 Å². The molecule has 1 amide bonds. The Morgan fingerprint density at radius 1 is 1.03 bits per heavy atom. The van der Waals surface area contributed by atoms with Gasteiger partial charge in [-0.05, 0) is 48.6 Å². The summed E-state index contributed by atoms with van der Waals surface area (Å²) in [5.41, 5.74) is 4.85. The molecule has 1 unspecified atom stereocenters. The van der Waals surface area contributed by atoms with Crippen LogP contribution >= 0.6 is 0 Å². The van der Waals surface area contributed by atoms with Gasteiger partial charge in [0.15, 0.2) is 0 Å². The molecule has 1 aliphatic carbocycles. The molecular formula is C26H25N5O2. The Bertz CT molecular complexity index is 1260. The zero-order valence-electron chi connectivity index (χ0n) is 18.2. The molecule has 4 aromatic rings. The summed E-state index contributed by atoms with van der Waals surface area (Å²) in [6, 6.07) is 13.5. The van der Waals surface area contributed by atoms with E-state index in [0.717, 1.165) is 59.0 Å². The van der Waals surface area contributed by atoms with Crippen molar-refractivity contribution in [3.8, 4) is 11.3 Å². The van der Waals surface area contributed by atoms with E-state index in [2.05, 4.69) is 25.3 Å². The highest BCUT2D eigenvalue weighted by molar-refractivity contribution is 5.96. The third-order valence-electron chi connectivity index (χ3n) is 6.16. The van der Waals surface area contributed by atoms with Gasteiger partial charge in [0, 0.05) is 29.5 Å². The van der Waals surface area contributed by atoms with Crippen molar-refractivity contribution < 1.29 is 9.90 Å². The highest BCUT2D eigenvalue weighted by Gasteiger charge is 2.25. The Labute approximate surface area is 192 Å². The number of aliphatic hydroxyl groups excluding tert-OH is 1. The van der Waals surface area contributed by atoms with E-state index in [0.29, 0.717) is 12.1 Å². The predicted octanol–water partition coefficient (Wildman–Crippen LogP) is 3.71. The number of para-hydroxylation sites is 1. The Hall–Kier alpha value is -3.71. The maximum atomic E-state index is 13.0. The molecular weight excluding hydrogens is 414 g/mol. The number of hydrogen-bond donors (Lipinski definition) is 2. The monoisotopic (exact) mass is 439 g/mol. The van der Waals surface area contributed by atoms with Crippen LogP contribution in [0.5, 0.6) is 0 Å². The van der Waals surface area contributed by atoms with Crippen molar-refractivity contribution >= 4 is 16.8 Å². The molecule has 166 valence electrons. The van der Waals surface area contributed by atoms with Crippen LogP contribution in [0.3, 0.4) is 0 Å². The summed E-state index contributed by atoms with van der Waals surface area (Å²) in [6.07, 6.45) is 10.4. The van der Waals surface area contributed by atoms with E-state index in [9.17, 15) is 9.90 Å². The average Bonchev–Trinajstić information content (AvgIpc) is 2.86. The van der Waals surface area contributed by atoms with E-state index in [-0.39, 0.29) is 11.9 Å². The number of amides is 1. The van der Waals surface area contributed by atoms with Crippen LogP contribution in [-0.2, 0) is 6.42 Å². The maximum absolute atomic E-state index is 13.0. The fourth-order valence-electron chi connectivity index (χ4n) is 4.38. The molecule has 0 saturated heterocycles. The molecule has 0 bridgehead atoms. The molecule has 33 heavy (non-hydrogen) atoms. The molecule has 1 fully saturated rings. The van der Waals surface area contributed by atoms with Crippen molar-refractivity contribution in [1.29, 1.82) is 0 Å². The van der Waals surface area contributed by atoms with E-state index in [1.165, 1.54) is 6.33 Å². The highest BCUT2D eigenvalue weighted by atomic mass is 16.3. The Balaban J connectivity index is 1.42. The van der Waals surface area contributed by atoms with Crippen LogP contribution in [0, 0.1) is 0 Å². The predicted molar refractivity (Wildman–Crippen MR) is 126 cm³/mol. The number of aromatic nitrogens is 4. The zero-order chi connectivity index (χ0) is 22.6. The van der Waals surface area contributed by atoms with Gasteiger partial charge in [-0.15, -0.1) is 0 Å². The fraction of sp³-hybridized carbons (Fsp3) is 0.269. The van der Waals surface area contributed by atoms with Crippen molar-refractivity contribution in [2.24, 2.45) is 0 Å². The highest BCUT2D eigenvalue weighted by Crippen LogP contribution is 2.23. The van der Waals surface area contributed by atoms with Crippen LogP contribution < -0.4 is 5.32 Å². The minimum atomic E-state index is -0.498. The topological polar surface area (TPSA) is 101 Å².